The molecule has 3 rings (SSSR count). The molecule has 2 aromatic carbocycles. The number of amides is 1. The van der Waals surface area contributed by atoms with Crippen molar-refractivity contribution in [2.75, 3.05) is 18.2 Å². The summed E-state index contributed by atoms with van der Waals surface area (Å²) < 4.78 is 7.48. The molecule has 0 aliphatic heterocycles. The molecule has 6 nitrogen and oxygen atoms in total. The molecule has 0 saturated heterocycles. The largest absolute Gasteiger partial charge is 0.495 e. The molecule has 0 spiro atoms. The van der Waals surface area contributed by atoms with Crippen LogP contribution in [0.5, 0.6) is 5.75 Å². The fourth-order valence-corrected chi connectivity index (χ4v) is 4.11. The first-order valence-electron chi connectivity index (χ1n) is 8.39. The van der Waals surface area contributed by atoms with E-state index in [0.29, 0.717) is 39.1 Å². The van der Waals surface area contributed by atoms with E-state index in [0.717, 1.165) is 4.47 Å². The number of fused-ring (bicyclic) bond motifs is 1. The third-order valence-corrected chi connectivity index (χ3v) is 5.73. The highest BCUT2D eigenvalue weighted by atomic mass is 79.9. The van der Waals surface area contributed by atoms with Gasteiger partial charge in [0.15, 0.2) is 5.16 Å². The van der Waals surface area contributed by atoms with Gasteiger partial charge in [-0.2, -0.15) is 0 Å². The van der Waals surface area contributed by atoms with Crippen molar-refractivity contribution in [3.05, 3.63) is 56.2 Å². The quantitative estimate of drug-likeness (QED) is 0.411. The number of hydrogen-bond donors (Lipinski definition) is 1. The zero-order valence-electron chi connectivity index (χ0n) is 15.2. The molecule has 1 aromatic heterocycles. The van der Waals surface area contributed by atoms with Gasteiger partial charge in [-0.15, -0.1) is 0 Å². The second-order valence-electron chi connectivity index (χ2n) is 5.79. The topological polar surface area (TPSA) is 73.2 Å². The predicted molar refractivity (Wildman–Crippen MR) is 117 cm³/mol. The summed E-state index contributed by atoms with van der Waals surface area (Å²) in [5, 5.41) is 4.24. The number of nitrogens with zero attached hydrogens (tertiary/aromatic N) is 2. The molecular formula is C19H17BrClN3O3S. The molecule has 28 heavy (non-hydrogen) atoms. The Morgan fingerprint density at radius 3 is 2.79 bits per heavy atom. The Labute approximate surface area is 179 Å². The molecule has 0 atom stereocenters. The molecule has 0 aliphatic carbocycles. The van der Waals surface area contributed by atoms with Gasteiger partial charge >= 0.3 is 0 Å². The lowest BCUT2D eigenvalue weighted by Gasteiger charge is -2.12. The Morgan fingerprint density at radius 1 is 1.32 bits per heavy atom. The first-order chi connectivity index (χ1) is 13.4. The van der Waals surface area contributed by atoms with Crippen LogP contribution in [0.1, 0.15) is 6.92 Å². The van der Waals surface area contributed by atoms with Crippen molar-refractivity contribution >= 4 is 61.8 Å². The lowest BCUT2D eigenvalue weighted by molar-refractivity contribution is -0.113. The van der Waals surface area contributed by atoms with Gasteiger partial charge in [-0.05, 0) is 43.3 Å². The van der Waals surface area contributed by atoms with Crippen molar-refractivity contribution in [3.8, 4) is 5.75 Å². The van der Waals surface area contributed by atoms with E-state index in [1.807, 2.05) is 13.0 Å². The summed E-state index contributed by atoms with van der Waals surface area (Å²) in [5.41, 5.74) is 1.04. The average molecular weight is 483 g/mol. The number of halogens is 2. The molecule has 1 amide bonds. The van der Waals surface area contributed by atoms with Crippen LogP contribution >= 0.6 is 39.3 Å². The second-order valence-corrected chi connectivity index (χ2v) is 8.06. The zero-order valence-corrected chi connectivity index (χ0v) is 18.3. The molecule has 0 aliphatic rings. The van der Waals surface area contributed by atoms with Crippen LogP contribution in [0.3, 0.4) is 0 Å². The summed E-state index contributed by atoms with van der Waals surface area (Å²) in [5.74, 6) is 0.421. The predicted octanol–water partition coefficient (Wildman–Crippen LogP) is 4.57. The summed E-state index contributed by atoms with van der Waals surface area (Å²) in [6.07, 6.45) is 0. The number of anilines is 1. The van der Waals surface area contributed by atoms with Gasteiger partial charge in [0.2, 0.25) is 5.91 Å². The van der Waals surface area contributed by atoms with Crippen molar-refractivity contribution in [1.82, 2.24) is 9.55 Å². The van der Waals surface area contributed by atoms with Crippen LogP contribution in [0.25, 0.3) is 10.9 Å². The molecule has 0 bridgehead atoms. The molecule has 1 heterocycles. The number of methoxy groups -OCH3 is 1. The number of thioether (sulfide) groups is 1. The fraction of sp³-hybridized carbons (Fsp3) is 0.211. The van der Waals surface area contributed by atoms with Gasteiger partial charge in [-0.25, -0.2) is 4.98 Å². The van der Waals surface area contributed by atoms with E-state index >= 15 is 0 Å². The van der Waals surface area contributed by atoms with Gasteiger partial charge in [-0.1, -0.05) is 39.3 Å². The normalized spacial score (nSPS) is 10.9. The summed E-state index contributed by atoms with van der Waals surface area (Å²) in [7, 11) is 1.53. The highest BCUT2D eigenvalue weighted by molar-refractivity contribution is 9.10. The van der Waals surface area contributed by atoms with Crippen molar-refractivity contribution in [2.45, 2.75) is 18.6 Å². The Balaban J connectivity index is 1.77. The van der Waals surface area contributed by atoms with E-state index in [9.17, 15) is 9.59 Å². The van der Waals surface area contributed by atoms with Crippen LogP contribution in [0, 0.1) is 0 Å². The van der Waals surface area contributed by atoms with Gasteiger partial charge in [0, 0.05) is 16.7 Å². The summed E-state index contributed by atoms with van der Waals surface area (Å²) >= 11 is 10.7. The average Bonchev–Trinajstić information content (AvgIpc) is 2.67. The summed E-state index contributed by atoms with van der Waals surface area (Å²) in [6, 6.07) is 10.4. The monoisotopic (exact) mass is 481 g/mol. The number of ether oxygens (including phenoxy) is 1. The Bertz CT molecular complexity index is 1100. The van der Waals surface area contributed by atoms with Gasteiger partial charge in [-0.3, -0.25) is 14.2 Å². The van der Waals surface area contributed by atoms with E-state index in [4.69, 9.17) is 16.3 Å². The number of carbonyl (C=O) groups excluding carboxylic acids is 1. The van der Waals surface area contributed by atoms with Crippen LogP contribution in [0.2, 0.25) is 5.02 Å². The fourth-order valence-electron chi connectivity index (χ4n) is 2.63. The third-order valence-electron chi connectivity index (χ3n) is 3.97. The minimum atomic E-state index is -0.223. The first kappa shape index (κ1) is 20.7. The van der Waals surface area contributed by atoms with Gasteiger partial charge in [0.1, 0.15) is 5.75 Å². The molecule has 0 radical (unpaired) electrons. The maximum absolute atomic E-state index is 12.7. The summed E-state index contributed by atoms with van der Waals surface area (Å²) in [6.45, 7) is 2.34. The first-order valence-corrected chi connectivity index (χ1v) is 10.5. The lowest BCUT2D eigenvalue weighted by atomic mass is 10.2. The number of aromatic nitrogens is 2. The van der Waals surface area contributed by atoms with E-state index in [-0.39, 0.29) is 17.2 Å². The van der Waals surface area contributed by atoms with Gasteiger partial charge in [0.25, 0.3) is 5.56 Å². The van der Waals surface area contributed by atoms with E-state index in [2.05, 4.69) is 26.2 Å². The summed E-state index contributed by atoms with van der Waals surface area (Å²) in [4.78, 5) is 29.6. The molecule has 0 unspecified atom stereocenters. The smallest absolute Gasteiger partial charge is 0.262 e. The van der Waals surface area contributed by atoms with E-state index < -0.39 is 0 Å². The Morgan fingerprint density at radius 2 is 2.11 bits per heavy atom. The molecular weight excluding hydrogens is 466 g/mol. The van der Waals surface area contributed by atoms with Crippen molar-refractivity contribution in [3.63, 3.8) is 0 Å². The number of hydrogen-bond acceptors (Lipinski definition) is 5. The second kappa shape index (κ2) is 8.98. The molecule has 3 aromatic rings. The van der Waals surface area contributed by atoms with E-state index in [1.165, 1.54) is 18.9 Å². The minimum Gasteiger partial charge on any atom is -0.495 e. The van der Waals surface area contributed by atoms with Crippen LogP contribution in [-0.2, 0) is 11.3 Å². The van der Waals surface area contributed by atoms with Crippen molar-refractivity contribution < 1.29 is 9.53 Å². The van der Waals surface area contributed by atoms with Gasteiger partial charge in [0.05, 0.1) is 28.8 Å². The number of nitrogens with one attached hydrogen (secondary N) is 1. The Kier molecular flexibility index (Phi) is 6.64. The maximum Gasteiger partial charge on any atom is 0.262 e. The van der Waals surface area contributed by atoms with Crippen molar-refractivity contribution in [1.29, 1.82) is 0 Å². The highest BCUT2D eigenvalue weighted by Gasteiger charge is 2.13. The van der Waals surface area contributed by atoms with Crippen LogP contribution < -0.4 is 15.6 Å². The molecule has 146 valence electrons. The Hall–Kier alpha value is -2.03. The van der Waals surface area contributed by atoms with Crippen LogP contribution in [0.4, 0.5) is 5.69 Å². The minimum absolute atomic E-state index is 0.109. The SMILES string of the molecule is CCn1c(SCC(=O)Nc2ccc(OC)c(Cl)c2)nc2ccc(Br)cc2c1=O. The number of benzene rings is 2. The third kappa shape index (κ3) is 4.51. The zero-order chi connectivity index (χ0) is 20.3. The number of rotatable bonds is 6. The molecule has 1 N–H and O–H groups in total. The lowest BCUT2D eigenvalue weighted by Crippen LogP contribution is -2.23. The van der Waals surface area contributed by atoms with Crippen LogP contribution in [-0.4, -0.2) is 28.3 Å². The van der Waals surface area contributed by atoms with Crippen molar-refractivity contribution in [2.24, 2.45) is 0 Å². The standard InChI is InChI=1S/C19H17BrClN3O3S/c1-3-24-18(26)13-8-11(20)4-6-15(13)23-19(24)28-10-17(25)22-12-5-7-16(27-2)14(21)9-12/h4-9H,3,10H2,1-2H3,(H,22,25). The molecule has 9 heteroatoms. The molecule has 0 saturated carbocycles. The van der Waals surface area contributed by atoms with E-state index in [1.54, 1.807) is 34.9 Å². The maximum atomic E-state index is 12.7. The number of carbonyl (C=O) groups is 1. The van der Waals surface area contributed by atoms with Gasteiger partial charge < -0.3 is 10.1 Å². The highest BCUT2D eigenvalue weighted by Crippen LogP contribution is 2.27. The van der Waals surface area contributed by atoms with Crippen LogP contribution in [0.15, 0.2) is 50.8 Å². The molecule has 0 fully saturated rings.